The first-order chi connectivity index (χ1) is 9.69. The molecule has 0 saturated heterocycles. The molecule has 1 amide bonds. The van der Waals surface area contributed by atoms with Crippen molar-refractivity contribution < 1.29 is 4.79 Å². The van der Waals surface area contributed by atoms with E-state index in [0.29, 0.717) is 12.5 Å². The maximum Gasteiger partial charge on any atom is 0.222 e. The predicted molar refractivity (Wildman–Crippen MR) is 82.2 cm³/mol. The van der Waals surface area contributed by atoms with E-state index in [9.17, 15) is 4.79 Å². The Kier molecular flexibility index (Phi) is 5.60. The Morgan fingerprint density at radius 2 is 2.10 bits per heavy atom. The maximum absolute atomic E-state index is 12.1. The van der Waals surface area contributed by atoms with Crippen molar-refractivity contribution >= 4 is 5.91 Å². The molecule has 1 aliphatic rings. The van der Waals surface area contributed by atoms with Gasteiger partial charge in [0.15, 0.2) is 0 Å². The Hall–Kier alpha value is -1.35. The highest BCUT2D eigenvalue weighted by molar-refractivity contribution is 5.77. The summed E-state index contributed by atoms with van der Waals surface area (Å²) >= 11 is 0. The summed E-state index contributed by atoms with van der Waals surface area (Å²) in [6, 6.07) is 9.98. The van der Waals surface area contributed by atoms with Crippen LogP contribution >= 0.6 is 0 Å². The molecule has 3 heteroatoms. The number of hydrogen-bond donors (Lipinski definition) is 2. The van der Waals surface area contributed by atoms with Crippen LogP contribution in [-0.2, 0) is 4.79 Å². The second-order valence-corrected chi connectivity index (χ2v) is 5.93. The van der Waals surface area contributed by atoms with E-state index in [4.69, 9.17) is 5.73 Å². The molecule has 110 valence electrons. The number of rotatable bonds is 5. The molecule has 0 heterocycles. The molecule has 0 radical (unpaired) electrons. The zero-order valence-electron chi connectivity index (χ0n) is 12.3. The Morgan fingerprint density at radius 1 is 1.35 bits per heavy atom. The van der Waals surface area contributed by atoms with Crippen molar-refractivity contribution in [3.05, 3.63) is 35.9 Å². The molecule has 3 atom stereocenters. The van der Waals surface area contributed by atoms with Crippen LogP contribution in [0.1, 0.15) is 57.1 Å². The van der Waals surface area contributed by atoms with Gasteiger partial charge < -0.3 is 11.1 Å². The van der Waals surface area contributed by atoms with Crippen LogP contribution < -0.4 is 11.1 Å². The lowest BCUT2D eigenvalue weighted by molar-refractivity contribution is -0.122. The van der Waals surface area contributed by atoms with E-state index in [1.165, 1.54) is 19.3 Å². The standard InChI is InChI=1S/C17H26N2O/c1-2-13-7-6-10-15(11-13)19-17(20)12-16(18)14-8-4-3-5-9-14/h3-5,8-9,13,15-16H,2,6-7,10-12,18H2,1H3,(H,19,20). The van der Waals surface area contributed by atoms with Crippen LogP contribution in [0.25, 0.3) is 0 Å². The van der Waals surface area contributed by atoms with Gasteiger partial charge in [0, 0.05) is 18.5 Å². The van der Waals surface area contributed by atoms with E-state index in [-0.39, 0.29) is 11.9 Å². The first kappa shape index (κ1) is 15.0. The van der Waals surface area contributed by atoms with Gasteiger partial charge in [0.2, 0.25) is 5.91 Å². The third kappa shape index (κ3) is 4.34. The van der Waals surface area contributed by atoms with Gasteiger partial charge in [-0.05, 0) is 24.3 Å². The lowest BCUT2D eigenvalue weighted by Gasteiger charge is -2.29. The first-order valence-corrected chi connectivity index (χ1v) is 7.79. The molecule has 1 saturated carbocycles. The average Bonchev–Trinajstić information content (AvgIpc) is 2.48. The Bertz CT molecular complexity index is 418. The third-order valence-corrected chi connectivity index (χ3v) is 4.36. The summed E-state index contributed by atoms with van der Waals surface area (Å²) in [4.78, 5) is 12.1. The molecule has 2 rings (SSSR count). The number of nitrogens with one attached hydrogen (secondary N) is 1. The Balaban J connectivity index is 1.80. The SMILES string of the molecule is CCC1CCCC(NC(=O)CC(N)c2ccccc2)C1. The molecule has 0 spiro atoms. The van der Waals surface area contributed by atoms with Crippen molar-refractivity contribution in [3.63, 3.8) is 0 Å². The molecule has 1 fully saturated rings. The lowest BCUT2D eigenvalue weighted by Crippen LogP contribution is -2.39. The topological polar surface area (TPSA) is 55.1 Å². The minimum Gasteiger partial charge on any atom is -0.353 e. The lowest BCUT2D eigenvalue weighted by atomic mass is 9.84. The first-order valence-electron chi connectivity index (χ1n) is 7.79. The highest BCUT2D eigenvalue weighted by Crippen LogP contribution is 2.26. The van der Waals surface area contributed by atoms with Crippen LogP contribution in [0.2, 0.25) is 0 Å². The molecule has 1 aromatic rings. The molecule has 1 aliphatic carbocycles. The van der Waals surface area contributed by atoms with Crippen molar-refractivity contribution in [1.29, 1.82) is 0 Å². The largest absolute Gasteiger partial charge is 0.353 e. The molecule has 3 N–H and O–H groups in total. The summed E-state index contributed by atoms with van der Waals surface area (Å²) in [6.07, 6.45) is 6.37. The summed E-state index contributed by atoms with van der Waals surface area (Å²) in [6.45, 7) is 2.24. The van der Waals surface area contributed by atoms with E-state index < -0.39 is 0 Å². The van der Waals surface area contributed by atoms with Crippen LogP contribution in [0.15, 0.2) is 30.3 Å². The van der Waals surface area contributed by atoms with E-state index in [1.54, 1.807) is 0 Å². The normalized spacial score (nSPS) is 24.1. The zero-order valence-corrected chi connectivity index (χ0v) is 12.3. The van der Waals surface area contributed by atoms with Crippen molar-refractivity contribution in [2.45, 2.75) is 57.5 Å². The third-order valence-electron chi connectivity index (χ3n) is 4.36. The monoisotopic (exact) mass is 274 g/mol. The summed E-state index contributed by atoms with van der Waals surface area (Å²) < 4.78 is 0. The van der Waals surface area contributed by atoms with Crippen molar-refractivity contribution in [1.82, 2.24) is 5.32 Å². The van der Waals surface area contributed by atoms with Gasteiger partial charge in [0.1, 0.15) is 0 Å². The van der Waals surface area contributed by atoms with Gasteiger partial charge in [0.25, 0.3) is 0 Å². The quantitative estimate of drug-likeness (QED) is 0.866. The Labute approximate surface area is 121 Å². The second kappa shape index (κ2) is 7.44. The van der Waals surface area contributed by atoms with Crippen molar-refractivity contribution in [2.24, 2.45) is 11.7 Å². The molecule has 0 aromatic heterocycles. The number of amides is 1. The van der Waals surface area contributed by atoms with Gasteiger partial charge in [-0.25, -0.2) is 0 Å². The number of carbonyl (C=O) groups is 1. The molecule has 3 unspecified atom stereocenters. The van der Waals surface area contributed by atoms with Gasteiger partial charge in [-0.2, -0.15) is 0 Å². The summed E-state index contributed by atoms with van der Waals surface area (Å²) in [5.41, 5.74) is 7.12. The fraction of sp³-hybridized carbons (Fsp3) is 0.588. The van der Waals surface area contributed by atoms with Crippen LogP contribution in [0, 0.1) is 5.92 Å². The molecular formula is C17H26N2O. The Morgan fingerprint density at radius 3 is 2.80 bits per heavy atom. The molecule has 1 aromatic carbocycles. The predicted octanol–water partition coefficient (Wildman–Crippen LogP) is 3.16. The molecule has 0 bridgehead atoms. The zero-order chi connectivity index (χ0) is 14.4. The van der Waals surface area contributed by atoms with E-state index in [1.807, 2.05) is 30.3 Å². The van der Waals surface area contributed by atoms with E-state index in [0.717, 1.165) is 24.3 Å². The maximum atomic E-state index is 12.1. The van der Waals surface area contributed by atoms with Crippen LogP contribution in [-0.4, -0.2) is 11.9 Å². The molecule has 3 nitrogen and oxygen atoms in total. The fourth-order valence-electron chi connectivity index (χ4n) is 3.10. The number of nitrogens with two attached hydrogens (primary N) is 1. The summed E-state index contributed by atoms with van der Waals surface area (Å²) in [7, 11) is 0. The van der Waals surface area contributed by atoms with Gasteiger partial charge in [-0.3, -0.25) is 4.79 Å². The van der Waals surface area contributed by atoms with Gasteiger partial charge in [0.05, 0.1) is 0 Å². The fourth-order valence-corrected chi connectivity index (χ4v) is 3.10. The minimum absolute atomic E-state index is 0.0862. The summed E-state index contributed by atoms with van der Waals surface area (Å²) in [5, 5.41) is 3.16. The number of benzene rings is 1. The highest BCUT2D eigenvalue weighted by atomic mass is 16.1. The number of carbonyl (C=O) groups excluding carboxylic acids is 1. The second-order valence-electron chi connectivity index (χ2n) is 5.93. The van der Waals surface area contributed by atoms with Gasteiger partial charge in [-0.1, -0.05) is 56.5 Å². The van der Waals surface area contributed by atoms with Crippen molar-refractivity contribution in [3.8, 4) is 0 Å². The van der Waals surface area contributed by atoms with Crippen LogP contribution in [0.5, 0.6) is 0 Å². The highest BCUT2D eigenvalue weighted by Gasteiger charge is 2.22. The smallest absolute Gasteiger partial charge is 0.222 e. The van der Waals surface area contributed by atoms with E-state index in [2.05, 4.69) is 12.2 Å². The van der Waals surface area contributed by atoms with Gasteiger partial charge in [-0.15, -0.1) is 0 Å². The number of hydrogen-bond acceptors (Lipinski definition) is 2. The minimum atomic E-state index is -0.207. The van der Waals surface area contributed by atoms with Crippen LogP contribution in [0.4, 0.5) is 0 Å². The molecular weight excluding hydrogens is 248 g/mol. The van der Waals surface area contributed by atoms with Gasteiger partial charge >= 0.3 is 0 Å². The van der Waals surface area contributed by atoms with Crippen LogP contribution in [0.3, 0.4) is 0 Å². The average molecular weight is 274 g/mol. The molecule has 20 heavy (non-hydrogen) atoms. The van der Waals surface area contributed by atoms with E-state index >= 15 is 0 Å². The molecule has 0 aliphatic heterocycles. The van der Waals surface area contributed by atoms with Crippen molar-refractivity contribution in [2.75, 3.05) is 0 Å². The summed E-state index contributed by atoms with van der Waals surface area (Å²) in [5.74, 6) is 0.861.